The number of rotatable bonds is 8. The van der Waals surface area contributed by atoms with Crippen LogP contribution in [0.2, 0.25) is 0 Å². The number of ether oxygens (including phenoxy) is 2. The highest BCUT2D eigenvalue weighted by Crippen LogP contribution is 2.14. The van der Waals surface area contributed by atoms with Gasteiger partial charge in [-0.1, -0.05) is 12.1 Å². The first-order valence-electron chi connectivity index (χ1n) is 7.19. The van der Waals surface area contributed by atoms with E-state index in [-0.39, 0.29) is 24.8 Å². The lowest BCUT2D eigenvalue weighted by atomic mass is 10.2. The van der Waals surface area contributed by atoms with Gasteiger partial charge in [0.2, 0.25) is 5.91 Å². The van der Waals surface area contributed by atoms with Gasteiger partial charge in [-0.2, -0.15) is 0 Å². The van der Waals surface area contributed by atoms with Gasteiger partial charge in [0.05, 0.1) is 20.3 Å². The van der Waals surface area contributed by atoms with Gasteiger partial charge < -0.3 is 19.9 Å². The van der Waals surface area contributed by atoms with Crippen LogP contribution in [-0.2, 0) is 22.7 Å². The van der Waals surface area contributed by atoms with Crippen LogP contribution in [0, 0.1) is 0 Å². The summed E-state index contributed by atoms with van der Waals surface area (Å²) in [5.74, 6) is -0.644. The maximum Gasteiger partial charge on any atom is 0.355 e. The number of amides is 1. The molecule has 0 saturated heterocycles. The second-order valence-corrected chi connectivity index (χ2v) is 5.90. The van der Waals surface area contributed by atoms with Crippen molar-refractivity contribution in [3.63, 3.8) is 0 Å². The Morgan fingerprint density at radius 3 is 2.88 bits per heavy atom. The molecule has 1 unspecified atom stereocenters. The summed E-state index contributed by atoms with van der Waals surface area (Å²) in [4.78, 5) is 26.7. The first-order chi connectivity index (χ1) is 11.5. The second-order valence-electron chi connectivity index (χ2n) is 4.95. The zero-order valence-corrected chi connectivity index (χ0v) is 14.1. The fourth-order valence-corrected chi connectivity index (χ4v) is 2.56. The number of thiazole rings is 1. The molecule has 128 valence electrons. The van der Waals surface area contributed by atoms with Gasteiger partial charge in [0.15, 0.2) is 5.69 Å². The van der Waals surface area contributed by atoms with Crippen LogP contribution in [0.15, 0.2) is 29.6 Å². The number of hydrogen-bond acceptors (Lipinski definition) is 6. The summed E-state index contributed by atoms with van der Waals surface area (Å²) < 4.78 is 10.7. The second kappa shape index (κ2) is 8.42. The molecule has 7 nitrogen and oxygen atoms in total. The van der Waals surface area contributed by atoms with Gasteiger partial charge in [-0.15, -0.1) is 11.3 Å². The van der Waals surface area contributed by atoms with Gasteiger partial charge in [0.1, 0.15) is 16.9 Å². The van der Waals surface area contributed by atoms with E-state index < -0.39 is 12.1 Å². The average molecular weight is 350 g/mol. The zero-order chi connectivity index (χ0) is 17.5. The van der Waals surface area contributed by atoms with Gasteiger partial charge >= 0.3 is 5.97 Å². The van der Waals surface area contributed by atoms with E-state index in [0.29, 0.717) is 5.01 Å². The molecule has 1 heterocycles. The number of aromatic carboxylic acids is 1. The number of methoxy groups -OCH3 is 1. The number of aromatic nitrogens is 1. The molecule has 0 spiro atoms. The number of hydrogen-bond donors (Lipinski definition) is 2. The summed E-state index contributed by atoms with van der Waals surface area (Å²) in [7, 11) is 1.59. The zero-order valence-electron chi connectivity index (χ0n) is 13.3. The van der Waals surface area contributed by atoms with Crippen molar-refractivity contribution in [3.8, 4) is 5.75 Å². The molecule has 1 atom stereocenters. The number of carboxylic acids is 1. The van der Waals surface area contributed by atoms with Crippen molar-refractivity contribution >= 4 is 23.2 Å². The Hall–Kier alpha value is -2.45. The molecule has 0 radical (unpaired) electrons. The minimum atomic E-state index is -1.08. The summed E-state index contributed by atoms with van der Waals surface area (Å²) in [6.45, 7) is 2.11. The maximum atomic E-state index is 12.0. The van der Waals surface area contributed by atoms with E-state index in [1.807, 2.05) is 24.3 Å². The molecule has 1 aromatic carbocycles. The summed E-state index contributed by atoms with van der Waals surface area (Å²) >= 11 is 1.18. The molecule has 0 saturated carbocycles. The molecule has 0 aliphatic carbocycles. The standard InChI is InChI=1S/C16H18N2O5S/c1-10(23-8-11-4-3-5-12(6-11)22-2)15(19)17-7-14-18-13(9-24-14)16(20)21/h3-6,9-10H,7-8H2,1-2H3,(H,17,19)(H,20,21). The van der Waals surface area contributed by atoms with Crippen LogP contribution in [0.3, 0.4) is 0 Å². The van der Waals surface area contributed by atoms with Crippen molar-refractivity contribution in [2.75, 3.05) is 7.11 Å². The van der Waals surface area contributed by atoms with Gasteiger partial charge in [0, 0.05) is 5.38 Å². The van der Waals surface area contributed by atoms with Crippen LogP contribution < -0.4 is 10.1 Å². The normalized spacial score (nSPS) is 11.8. The van der Waals surface area contributed by atoms with Crippen LogP contribution in [0.5, 0.6) is 5.75 Å². The third kappa shape index (κ3) is 5.04. The van der Waals surface area contributed by atoms with Crippen molar-refractivity contribution in [1.82, 2.24) is 10.3 Å². The Morgan fingerprint density at radius 2 is 2.21 bits per heavy atom. The molecule has 2 N–H and O–H groups in total. The molecule has 0 fully saturated rings. The first-order valence-corrected chi connectivity index (χ1v) is 8.07. The summed E-state index contributed by atoms with van der Waals surface area (Å²) in [5.41, 5.74) is 0.881. The molecule has 1 aromatic heterocycles. The Bertz CT molecular complexity index is 716. The van der Waals surface area contributed by atoms with Crippen LogP contribution in [0.1, 0.15) is 28.0 Å². The Morgan fingerprint density at radius 1 is 1.42 bits per heavy atom. The molecule has 2 rings (SSSR count). The lowest BCUT2D eigenvalue weighted by Crippen LogP contribution is -2.34. The van der Waals surface area contributed by atoms with E-state index in [1.54, 1.807) is 14.0 Å². The van der Waals surface area contributed by atoms with E-state index in [0.717, 1.165) is 11.3 Å². The molecule has 2 aromatic rings. The highest BCUT2D eigenvalue weighted by molar-refractivity contribution is 7.09. The predicted molar refractivity (Wildman–Crippen MR) is 88.2 cm³/mol. The van der Waals surface area contributed by atoms with Crippen LogP contribution in [-0.4, -0.2) is 35.2 Å². The van der Waals surface area contributed by atoms with Crippen LogP contribution in [0.4, 0.5) is 0 Å². The maximum absolute atomic E-state index is 12.0. The molecule has 24 heavy (non-hydrogen) atoms. The third-order valence-corrected chi connectivity index (χ3v) is 4.04. The number of nitrogens with one attached hydrogen (secondary N) is 1. The molecule has 1 amide bonds. The Balaban J connectivity index is 1.79. The quantitative estimate of drug-likeness (QED) is 0.756. The number of benzene rings is 1. The van der Waals surface area contributed by atoms with Gasteiger partial charge in [-0.3, -0.25) is 4.79 Å². The van der Waals surface area contributed by atoms with Crippen molar-refractivity contribution in [3.05, 3.63) is 45.9 Å². The Labute approximate surface area is 143 Å². The smallest absolute Gasteiger partial charge is 0.355 e. The highest BCUT2D eigenvalue weighted by Gasteiger charge is 2.15. The van der Waals surface area contributed by atoms with E-state index in [4.69, 9.17) is 14.6 Å². The average Bonchev–Trinajstić information content (AvgIpc) is 3.07. The minimum absolute atomic E-state index is 0.0217. The van der Waals surface area contributed by atoms with Crippen molar-refractivity contribution in [1.29, 1.82) is 0 Å². The minimum Gasteiger partial charge on any atom is -0.497 e. The molecule has 0 aliphatic heterocycles. The fourth-order valence-electron chi connectivity index (χ4n) is 1.86. The van der Waals surface area contributed by atoms with Crippen molar-refractivity contribution in [2.24, 2.45) is 0 Å². The van der Waals surface area contributed by atoms with E-state index in [9.17, 15) is 9.59 Å². The first kappa shape index (κ1) is 17.9. The summed E-state index contributed by atoms with van der Waals surface area (Å²) in [6.07, 6.45) is -0.643. The number of carbonyl (C=O) groups excluding carboxylic acids is 1. The molecule has 0 bridgehead atoms. The highest BCUT2D eigenvalue weighted by atomic mass is 32.1. The summed E-state index contributed by atoms with van der Waals surface area (Å²) in [6, 6.07) is 7.41. The van der Waals surface area contributed by atoms with Gasteiger partial charge in [-0.05, 0) is 24.6 Å². The lowest BCUT2D eigenvalue weighted by Gasteiger charge is -2.13. The van der Waals surface area contributed by atoms with E-state index >= 15 is 0 Å². The Kier molecular flexibility index (Phi) is 6.28. The largest absolute Gasteiger partial charge is 0.497 e. The third-order valence-electron chi connectivity index (χ3n) is 3.19. The van der Waals surface area contributed by atoms with Gasteiger partial charge in [-0.25, -0.2) is 9.78 Å². The van der Waals surface area contributed by atoms with E-state index in [2.05, 4.69) is 10.3 Å². The fraction of sp³-hybridized carbons (Fsp3) is 0.312. The molecule has 0 aliphatic rings. The van der Waals surface area contributed by atoms with Crippen molar-refractivity contribution in [2.45, 2.75) is 26.2 Å². The molecule has 8 heteroatoms. The topological polar surface area (TPSA) is 97.8 Å². The number of carboxylic acid groups (broad SMARTS) is 1. The number of nitrogens with zero attached hydrogens (tertiary/aromatic N) is 1. The monoisotopic (exact) mass is 350 g/mol. The predicted octanol–water partition coefficient (Wildman–Crippen LogP) is 2.07. The molecular weight excluding hydrogens is 332 g/mol. The SMILES string of the molecule is COc1cccc(COC(C)C(=O)NCc2nc(C(=O)O)cs2)c1. The van der Waals surface area contributed by atoms with Crippen LogP contribution >= 0.6 is 11.3 Å². The van der Waals surface area contributed by atoms with E-state index in [1.165, 1.54) is 16.7 Å². The van der Waals surface area contributed by atoms with Gasteiger partial charge in [0.25, 0.3) is 0 Å². The summed E-state index contributed by atoms with van der Waals surface area (Å²) in [5, 5.41) is 13.4. The van der Waals surface area contributed by atoms with Crippen molar-refractivity contribution < 1.29 is 24.2 Å². The molecular formula is C16H18N2O5S. The van der Waals surface area contributed by atoms with Crippen LogP contribution in [0.25, 0.3) is 0 Å². The number of carbonyl (C=O) groups is 2. The lowest BCUT2D eigenvalue weighted by molar-refractivity contribution is -0.132.